The number of nitrogens with one attached hydrogen (secondary N) is 1. The fraction of sp³-hybridized carbons (Fsp3) is 0.423. The summed E-state index contributed by atoms with van der Waals surface area (Å²) in [7, 11) is 3.16. The minimum atomic E-state index is 0.183. The quantitative estimate of drug-likeness (QED) is 0.320. The molecule has 12 nitrogen and oxygen atoms in total. The second-order valence-corrected chi connectivity index (χ2v) is 9.13. The number of ether oxygens (including phenoxy) is 2. The molecule has 12 heteroatoms. The van der Waals surface area contributed by atoms with E-state index in [-0.39, 0.29) is 5.95 Å². The number of likely N-dealkylation sites (N-methyl/N-ethyl adjacent to an activating group) is 1. The summed E-state index contributed by atoms with van der Waals surface area (Å²) in [6.07, 6.45) is 5.63. The molecule has 0 radical (unpaired) electrons. The van der Waals surface area contributed by atoms with Crippen molar-refractivity contribution in [3.05, 3.63) is 36.8 Å². The van der Waals surface area contributed by atoms with E-state index in [1.54, 1.807) is 32.5 Å². The molecule has 38 heavy (non-hydrogen) atoms. The zero-order valence-electron chi connectivity index (χ0n) is 22.3. The lowest BCUT2D eigenvalue weighted by molar-refractivity contribution is 0.283. The van der Waals surface area contributed by atoms with E-state index in [4.69, 9.17) is 20.2 Å². The average Bonchev–Trinajstić information content (AvgIpc) is 3.56. The van der Waals surface area contributed by atoms with Crippen LogP contribution >= 0.6 is 0 Å². The Hall–Kier alpha value is -4.19. The highest BCUT2D eigenvalue weighted by Crippen LogP contribution is 2.33. The van der Waals surface area contributed by atoms with E-state index in [2.05, 4.69) is 49.0 Å². The van der Waals surface area contributed by atoms with Gasteiger partial charge in [-0.05, 0) is 44.1 Å². The summed E-state index contributed by atoms with van der Waals surface area (Å²) < 4.78 is 12.3. The lowest BCUT2D eigenvalue weighted by Gasteiger charge is -2.30. The number of aromatic nitrogens is 6. The predicted octanol–water partition coefficient (Wildman–Crippen LogP) is 3.26. The van der Waals surface area contributed by atoms with Crippen molar-refractivity contribution in [3.63, 3.8) is 0 Å². The van der Waals surface area contributed by atoms with Crippen molar-refractivity contribution in [3.8, 4) is 17.3 Å². The molecule has 1 aromatic carbocycles. The van der Waals surface area contributed by atoms with Crippen LogP contribution < -0.4 is 25.4 Å². The van der Waals surface area contributed by atoms with Gasteiger partial charge in [-0.15, -0.1) is 5.10 Å². The molecule has 1 fully saturated rings. The van der Waals surface area contributed by atoms with Gasteiger partial charge in [0, 0.05) is 30.6 Å². The number of hydrogen-bond acceptors (Lipinski definition) is 11. The topological polar surface area (TPSA) is 132 Å². The molecule has 1 unspecified atom stereocenters. The Morgan fingerprint density at radius 3 is 2.58 bits per heavy atom. The van der Waals surface area contributed by atoms with E-state index in [1.807, 2.05) is 12.1 Å². The summed E-state index contributed by atoms with van der Waals surface area (Å²) in [5.41, 5.74) is 7.67. The minimum Gasteiger partial charge on any atom is -0.493 e. The van der Waals surface area contributed by atoms with Crippen molar-refractivity contribution >= 4 is 34.3 Å². The predicted molar refractivity (Wildman–Crippen MR) is 148 cm³/mol. The fourth-order valence-corrected chi connectivity index (χ4v) is 4.94. The molecule has 0 saturated carbocycles. The zero-order chi connectivity index (χ0) is 26.6. The zero-order valence-corrected chi connectivity index (χ0v) is 22.3. The molecule has 4 heterocycles. The van der Waals surface area contributed by atoms with E-state index in [1.165, 1.54) is 23.9 Å². The SMILES string of the molecule is CCN(CC)CC1CCCN1c1ccc(Nc2nc(N)n(-c3ncnc4cc(OC)c(OC)cc34)n2)cn1. The van der Waals surface area contributed by atoms with Crippen LogP contribution in [0.15, 0.2) is 36.8 Å². The number of hydrogen-bond donors (Lipinski definition) is 2. The van der Waals surface area contributed by atoms with Gasteiger partial charge in [0.15, 0.2) is 17.3 Å². The molecule has 1 saturated heterocycles. The number of fused-ring (bicyclic) bond motifs is 1. The number of nitrogens with zero attached hydrogens (tertiary/aromatic N) is 8. The van der Waals surface area contributed by atoms with Gasteiger partial charge in [-0.3, -0.25) is 0 Å². The molecule has 0 aliphatic carbocycles. The molecule has 0 spiro atoms. The van der Waals surface area contributed by atoms with E-state index < -0.39 is 0 Å². The van der Waals surface area contributed by atoms with Gasteiger partial charge in [-0.2, -0.15) is 9.67 Å². The largest absolute Gasteiger partial charge is 0.493 e. The third-order valence-corrected chi connectivity index (χ3v) is 6.99. The summed E-state index contributed by atoms with van der Waals surface area (Å²) in [4.78, 5) is 22.8. The van der Waals surface area contributed by atoms with Crippen LogP contribution in [0.2, 0.25) is 0 Å². The van der Waals surface area contributed by atoms with Gasteiger partial charge < -0.3 is 30.3 Å². The van der Waals surface area contributed by atoms with Crippen LogP contribution in [0.5, 0.6) is 11.5 Å². The first kappa shape index (κ1) is 25.5. The van der Waals surface area contributed by atoms with Crippen LogP contribution in [0.3, 0.4) is 0 Å². The Bertz CT molecular complexity index is 1390. The van der Waals surface area contributed by atoms with Crippen molar-refractivity contribution in [1.29, 1.82) is 0 Å². The summed E-state index contributed by atoms with van der Waals surface area (Å²) in [5.74, 6) is 3.11. The molecular formula is C26H34N10O2. The number of benzene rings is 1. The Morgan fingerprint density at radius 2 is 1.87 bits per heavy atom. The van der Waals surface area contributed by atoms with Gasteiger partial charge in [0.1, 0.15) is 12.1 Å². The Balaban J connectivity index is 1.36. The number of nitrogen functional groups attached to an aromatic ring is 1. The van der Waals surface area contributed by atoms with Crippen LogP contribution in [-0.4, -0.2) is 81.1 Å². The second kappa shape index (κ2) is 11.1. The molecule has 1 aliphatic rings. The Morgan fingerprint density at radius 1 is 1.08 bits per heavy atom. The number of nitrogens with two attached hydrogens (primary N) is 1. The molecule has 3 aromatic heterocycles. The molecule has 4 aromatic rings. The van der Waals surface area contributed by atoms with Crippen molar-refractivity contribution < 1.29 is 9.47 Å². The van der Waals surface area contributed by atoms with Crippen LogP contribution in [0.4, 0.5) is 23.4 Å². The molecule has 3 N–H and O–H groups in total. The smallest absolute Gasteiger partial charge is 0.248 e. The molecule has 0 bridgehead atoms. The van der Waals surface area contributed by atoms with Crippen LogP contribution in [0, 0.1) is 0 Å². The number of rotatable bonds is 10. The van der Waals surface area contributed by atoms with Crippen LogP contribution in [0.25, 0.3) is 16.7 Å². The summed E-state index contributed by atoms with van der Waals surface area (Å²) in [5, 5.41) is 8.45. The molecule has 200 valence electrons. The maximum atomic E-state index is 6.24. The first-order chi connectivity index (χ1) is 18.5. The Kier molecular flexibility index (Phi) is 7.40. The third kappa shape index (κ3) is 4.99. The highest BCUT2D eigenvalue weighted by Gasteiger charge is 2.27. The van der Waals surface area contributed by atoms with Gasteiger partial charge >= 0.3 is 0 Å². The number of anilines is 4. The lowest BCUT2D eigenvalue weighted by Crippen LogP contribution is -2.40. The van der Waals surface area contributed by atoms with Crippen LogP contribution in [0.1, 0.15) is 26.7 Å². The van der Waals surface area contributed by atoms with Crippen molar-refractivity contribution in [1.82, 2.24) is 34.6 Å². The summed E-state index contributed by atoms with van der Waals surface area (Å²) in [6.45, 7) is 8.64. The van der Waals surface area contributed by atoms with E-state index in [0.717, 1.165) is 37.7 Å². The van der Waals surface area contributed by atoms with Crippen molar-refractivity contribution in [2.45, 2.75) is 32.7 Å². The molecular weight excluding hydrogens is 484 g/mol. The van der Waals surface area contributed by atoms with Gasteiger partial charge in [0.25, 0.3) is 0 Å². The number of methoxy groups -OCH3 is 2. The van der Waals surface area contributed by atoms with E-state index in [9.17, 15) is 0 Å². The fourth-order valence-electron chi connectivity index (χ4n) is 4.94. The summed E-state index contributed by atoms with van der Waals surface area (Å²) in [6, 6.07) is 8.10. The number of pyridine rings is 1. The molecule has 1 aliphatic heterocycles. The van der Waals surface area contributed by atoms with Crippen molar-refractivity contribution in [2.75, 3.05) is 56.3 Å². The highest BCUT2D eigenvalue weighted by atomic mass is 16.5. The van der Waals surface area contributed by atoms with E-state index >= 15 is 0 Å². The second-order valence-electron chi connectivity index (χ2n) is 9.13. The van der Waals surface area contributed by atoms with E-state index in [0.29, 0.717) is 40.2 Å². The summed E-state index contributed by atoms with van der Waals surface area (Å²) >= 11 is 0. The molecule has 1 atom stereocenters. The highest BCUT2D eigenvalue weighted by molar-refractivity contribution is 5.88. The molecule has 5 rings (SSSR count). The van der Waals surface area contributed by atoms with Gasteiger partial charge in [0.05, 0.1) is 31.6 Å². The monoisotopic (exact) mass is 518 g/mol. The minimum absolute atomic E-state index is 0.183. The van der Waals surface area contributed by atoms with Gasteiger partial charge in [0.2, 0.25) is 11.9 Å². The lowest BCUT2D eigenvalue weighted by atomic mass is 10.2. The first-order valence-corrected chi connectivity index (χ1v) is 12.9. The maximum absolute atomic E-state index is 6.24. The van der Waals surface area contributed by atoms with Gasteiger partial charge in [-0.25, -0.2) is 15.0 Å². The van der Waals surface area contributed by atoms with Crippen LogP contribution in [-0.2, 0) is 0 Å². The maximum Gasteiger partial charge on any atom is 0.248 e. The normalized spacial score (nSPS) is 15.4. The first-order valence-electron chi connectivity index (χ1n) is 12.9. The standard InChI is InChI=1S/C26H34N10O2/c1-5-34(6-2)15-18-8-7-11-35(18)23-10-9-17(14-28-23)31-26-32-25(27)36(33-26)24-19-12-21(37-3)22(38-4)13-20(19)29-16-30-24/h9-10,12-14,16,18H,5-8,11,15H2,1-4H3,(H3,27,31,32,33). The Labute approximate surface area is 221 Å². The molecule has 0 amide bonds. The van der Waals surface area contributed by atoms with Crippen molar-refractivity contribution in [2.24, 2.45) is 0 Å². The van der Waals surface area contributed by atoms with Gasteiger partial charge in [-0.1, -0.05) is 13.8 Å². The third-order valence-electron chi connectivity index (χ3n) is 6.99. The average molecular weight is 519 g/mol.